The van der Waals surface area contributed by atoms with Gasteiger partial charge in [-0.05, 0) is 58.9 Å². The number of anilines is 1. The van der Waals surface area contributed by atoms with Crippen LogP contribution in [0, 0.1) is 0 Å². The van der Waals surface area contributed by atoms with Gasteiger partial charge >= 0.3 is 0 Å². The van der Waals surface area contributed by atoms with E-state index >= 15 is 0 Å². The van der Waals surface area contributed by atoms with E-state index in [0.29, 0.717) is 5.69 Å². The van der Waals surface area contributed by atoms with Crippen molar-refractivity contribution < 1.29 is 18.0 Å². The fraction of sp³-hybridized carbons (Fsp3) is 0.0455. The quantitative estimate of drug-likeness (QED) is 0.405. The number of nitrogens with one attached hydrogen (secondary N) is 3. The summed E-state index contributed by atoms with van der Waals surface area (Å²) in [6, 6.07) is 19.3. The van der Waals surface area contributed by atoms with Crippen LogP contribution >= 0.6 is 12.2 Å². The first-order valence-electron chi connectivity index (χ1n) is 9.16. The van der Waals surface area contributed by atoms with Crippen LogP contribution in [0.2, 0.25) is 0 Å². The molecule has 0 unspecified atom stereocenters. The molecular formula is C22H19N3O4S2. The van der Waals surface area contributed by atoms with Crippen LogP contribution in [-0.4, -0.2) is 25.3 Å². The van der Waals surface area contributed by atoms with Gasteiger partial charge in [0, 0.05) is 18.7 Å². The Hall–Kier alpha value is -3.56. The van der Waals surface area contributed by atoms with Crippen molar-refractivity contribution in [3.05, 3.63) is 78.4 Å². The Kier molecular flexibility index (Phi) is 6.78. The molecule has 0 bridgehead atoms. The van der Waals surface area contributed by atoms with E-state index in [-0.39, 0.29) is 10.0 Å². The van der Waals surface area contributed by atoms with Crippen LogP contribution in [0.5, 0.6) is 0 Å². The molecular weight excluding hydrogens is 434 g/mol. The molecule has 31 heavy (non-hydrogen) atoms. The number of sulfonamides is 1. The molecule has 158 valence electrons. The molecule has 0 aliphatic heterocycles. The van der Waals surface area contributed by atoms with Gasteiger partial charge in [0.1, 0.15) is 0 Å². The van der Waals surface area contributed by atoms with Gasteiger partial charge in [-0.25, -0.2) is 13.1 Å². The van der Waals surface area contributed by atoms with Crippen molar-refractivity contribution >= 4 is 61.7 Å². The van der Waals surface area contributed by atoms with E-state index in [1.165, 1.54) is 30.3 Å². The predicted molar refractivity (Wildman–Crippen MR) is 125 cm³/mol. The summed E-state index contributed by atoms with van der Waals surface area (Å²) >= 11 is 5.13. The Balaban J connectivity index is 1.61. The second kappa shape index (κ2) is 9.50. The topological polar surface area (TPSA) is 104 Å². The third kappa shape index (κ3) is 5.97. The van der Waals surface area contributed by atoms with Gasteiger partial charge in [0.15, 0.2) is 5.11 Å². The van der Waals surface area contributed by atoms with E-state index in [1.807, 2.05) is 47.2 Å². The predicted octanol–water partition coefficient (Wildman–Crippen LogP) is 3.19. The Bertz CT molecular complexity index is 1280. The van der Waals surface area contributed by atoms with Crippen LogP contribution in [0.15, 0.2) is 77.7 Å². The maximum Gasteiger partial charge on any atom is 0.264 e. The van der Waals surface area contributed by atoms with Crippen LogP contribution in [0.25, 0.3) is 16.8 Å². The summed E-state index contributed by atoms with van der Waals surface area (Å²) in [5, 5.41) is 7.51. The van der Waals surface area contributed by atoms with Gasteiger partial charge in [0.25, 0.3) is 10.0 Å². The van der Waals surface area contributed by atoms with Crippen molar-refractivity contribution in [2.45, 2.75) is 11.8 Å². The van der Waals surface area contributed by atoms with Crippen LogP contribution in [-0.2, 0) is 19.6 Å². The lowest BCUT2D eigenvalue weighted by Gasteiger charge is -2.09. The molecule has 0 aromatic heterocycles. The molecule has 0 aliphatic carbocycles. The minimum atomic E-state index is -3.91. The summed E-state index contributed by atoms with van der Waals surface area (Å²) in [5.74, 6) is -1.09. The van der Waals surface area contributed by atoms with Gasteiger partial charge in [-0.15, -0.1) is 0 Å². The summed E-state index contributed by atoms with van der Waals surface area (Å²) < 4.78 is 25.8. The molecule has 0 atom stereocenters. The van der Waals surface area contributed by atoms with E-state index in [2.05, 4.69) is 10.6 Å². The minimum absolute atomic E-state index is 0.0602. The number of amides is 2. The standard InChI is InChI=1S/C22H19N3O4S2/c1-15(26)25-31(28,29)19-12-10-18(11-13-19)23-22(30)24-21(27)14-9-17-7-4-6-16-5-2-3-8-20(16)17/h2-14H,1H3,(H,25,26)(H2,23,24,27,30)/b14-9+. The molecule has 0 radical (unpaired) electrons. The molecule has 3 N–H and O–H groups in total. The van der Waals surface area contributed by atoms with Crippen LogP contribution in [0.4, 0.5) is 5.69 Å². The highest BCUT2D eigenvalue weighted by Crippen LogP contribution is 2.19. The number of hydrogen-bond acceptors (Lipinski definition) is 5. The Morgan fingerprint density at radius 3 is 2.32 bits per heavy atom. The molecule has 3 rings (SSSR count). The highest BCUT2D eigenvalue weighted by molar-refractivity contribution is 7.90. The number of carbonyl (C=O) groups is 2. The summed E-state index contributed by atoms with van der Waals surface area (Å²) in [6.07, 6.45) is 3.10. The average Bonchev–Trinajstić information content (AvgIpc) is 2.71. The molecule has 0 heterocycles. The Labute approximate surface area is 185 Å². The second-order valence-corrected chi connectivity index (χ2v) is 8.62. The SMILES string of the molecule is CC(=O)NS(=O)(=O)c1ccc(NC(=S)NC(=O)/C=C/c2cccc3ccccc23)cc1. The zero-order chi connectivity index (χ0) is 22.4. The molecule has 0 saturated heterocycles. The molecule has 0 spiro atoms. The first kappa shape index (κ1) is 22.1. The number of benzene rings is 3. The lowest BCUT2D eigenvalue weighted by atomic mass is 10.0. The molecule has 2 amide bonds. The highest BCUT2D eigenvalue weighted by atomic mass is 32.2. The fourth-order valence-corrected chi connectivity index (χ4v) is 4.05. The van der Waals surface area contributed by atoms with Crippen LogP contribution in [0.1, 0.15) is 12.5 Å². The highest BCUT2D eigenvalue weighted by Gasteiger charge is 2.15. The van der Waals surface area contributed by atoms with Gasteiger partial charge < -0.3 is 5.32 Å². The Morgan fingerprint density at radius 1 is 0.935 bits per heavy atom. The zero-order valence-corrected chi connectivity index (χ0v) is 18.1. The smallest absolute Gasteiger partial charge is 0.264 e. The van der Waals surface area contributed by atoms with Crippen molar-refractivity contribution in [3.8, 4) is 0 Å². The molecule has 7 nitrogen and oxygen atoms in total. The molecule has 0 fully saturated rings. The monoisotopic (exact) mass is 453 g/mol. The summed E-state index contributed by atoms with van der Waals surface area (Å²) in [7, 11) is -3.91. The van der Waals surface area contributed by atoms with Crippen LogP contribution in [0.3, 0.4) is 0 Å². The van der Waals surface area contributed by atoms with Gasteiger partial charge in [-0.1, -0.05) is 42.5 Å². The fourth-order valence-electron chi connectivity index (χ4n) is 2.84. The average molecular weight is 454 g/mol. The number of hydrogen-bond donors (Lipinski definition) is 3. The Morgan fingerprint density at radius 2 is 1.61 bits per heavy atom. The van der Waals surface area contributed by atoms with E-state index < -0.39 is 21.8 Å². The van der Waals surface area contributed by atoms with Crippen molar-refractivity contribution in [1.29, 1.82) is 0 Å². The zero-order valence-electron chi connectivity index (χ0n) is 16.5. The molecule has 9 heteroatoms. The summed E-state index contributed by atoms with van der Waals surface area (Å²) in [4.78, 5) is 23.1. The van der Waals surface area contributed by atoms with E-state index in [9.17, 15) is 18.0 Å². The van der Waals surface area contributed by atoms with E-state index in [4.69, 9.17) is 12.2 Å². The number of thiocarbonyl (C=S) groups is 1. The van der Waals surface area contributed by atoms with Crippen molar-refractivity contribution in [2.24, 2.45) is 0 Å². The summed E-state index contributed by atoms with van der Waals surface area (Å²) in [5.41, 5.74) is 1.38. The van der Waals surface area contributed by atoms with E-state index in [1.54, 1.807) is 6.08 Å². The first-order chi connectivity index (χ1) is 14.7. The van der Waals surface area contributed by atoms with Crippen molar-refractivity contribution in [1.82, 2.24) is 10.0 Å². The maximum absolute atomic E-state index is 12.2. The lowest BCUT2D eigenvalue weighted by Crippen LogP contribution is -2.32. The third-order valence-electron chi connectivity index (χ3n) is 4.17. The van der Waals surface area contributed by atoms with E-state index in [0.717, 1.165) is 23.3 Å². The largest absolute Gasteiger partial charge is 0.332 e. The van der Waals surface area contributed by atoms with Gasteiger partial charge in [-0.2, -0.15) is 0 Å². The van der Waals surface area contributed by atoms with Gasteiger partial charge in [0.2, 0.25) is 11.8 Å². The molecule has 3 aromatic carbocycles. The number of rotatable bonds is 5. The first-order valence-corrected chi connectivity index (χ1v) is 11.0. The number of carbonyl (C=O) groups excluding carboxylic acids is 2. The molecule has 0 aliphatic rings. The lowest BCUT2D eigenvalue weighted by molar-refractivity contribution is -0.117. The van der Waals surface area contributed by atoms with Gasteiger partial charge in [-0.3, -0.25) is 14.9 Å². The molecule has 3 aromatic rings. The van der Waals surface area contributed by atoms with Crippen molar-refractivity contribution in [3.63, 3.8) is 0 Å². The summed E-state index contributed by atoms with van der Waals surface area (Å²) in [6.45, 7) is 1.11. The second-order valence-electron chi connectivity index (χ2n) is 6.53. The van der Waals surface area contributed by atoms with Gasteiger partial charge in [0.05, 0.1) is 4.90 Å². The third-order valence-corrected chi connectivity index (χ3v) is 5.83. The van der Waals surface area contributed by atoms with Crippen molar-refractivity contribution in [2.75, 3.05) is 5.32 Å². The normalized spacial score (nSPS) is 11.3. The number of fused-ring (bicyclic) bond motifs is 1. The minimum Gasteiger partial charge on any atom is -0.332 e. The molecule has 0 saturated carbocycles. The maximum atomic E-state index is 12.2. The van der Waals surface area contributed by atoms with Crippen LogP contribution < -0.4 is 15.4 Å².